The number of nitrogens with one attached hydrogen (secondary N) is 1. The first-order valence-electron chi connectivity index (χ1n) is 12.2. The molecule has 9 nitrogen and oxygen atoms in total. The smallest absolute Gasteiger partial charge is 0.312 e. The number of aromatic nitrogens is 1. The van der Waals surface area contributed by atoms with E-state index in [1.807, 2.05) is 24.3 Å². The van der Waals surface area contributed by atoms with Crippen LogP contribution in [0.3, 0.4) is 0 Å². The number of methoxy groups -OCH3 is 3. The quantitative estimate of drug-likeness (QED) is 0.228. The van der Waals surface area contributed by atoms with Gasteiger partial charge in [0.2, 0.25) is 5.78 Å². The number of H-pyrrole nitrogens is 1. The van der Waals surface area contributed by atoms with Gasteiger partial charge in [0, 0.05) is 34.2 Å². The normalized spacial score (nSPS) is 16.9. The number of carbonyl (C=O) groups excluding carboxylic acids is 2. The van der Waals surface area contributed by atoms with E-state index in [0.717, 1.165) is 5.39 Å². The lowest BCUT2D eigenvalue weighted by molar-refractivity contribution is -0.135. The number of Topliss-reactive ketones (excluding diaryl/α,β-unsaturated/α-hetero) is 1. The number of carbonyl (C=O) groups is 2. The van der Waals surface area contributed by atoms with E-state index in [1.54, 1.807) is 36.4 Å². The van der Waals surface area contributed by atoms with Crippen LogP contribution in [0.1, 0.15) is 39.4 Å². The van der Waals surface area contributed by atoms with Crippen molar-refractivity contribution in [2.45, 2.75) is 12.3 Å². The molecular weight excluding hydrogens is 502 g/mol. The first kappa shape index (κ1) is 24.3. The number of ketones is 1. The number of hydrogen-bond acceptors (Lipinski definition) is 8. The molecule has 0 unspecified atom stereocenters. The van der Waals surface area contributed by atoms with Crippen LogP contribution < -0.4 is 29.2 Å². The van der Waals surface area contributed by atoms with Gasteiger partial charge in [0.15, 0.2) is 17.3 Å². The van der Waals surface area contributed by atoms with E-state index < -0.39 is 11.9 Å². The summed E-state index contributed by atoms with van der Waals surface area (Å²) in [4.78, 5) is 42.0. The highest BCUT2D eigenvalue weighted by molar-refractivity contribution is 6.15. The average Bonchev–Trinajstić information content (AvgIpc) is 3.26. The van der Waals surface area contributed by atoms with E-state index >= 15 is 0 Å². The fourth-order valence-electron chi connectivity index (χ4n) is 5.10. The molecule has 6 rings (SSSR count). The largest absolute Gasteiger partial charge is 0.496 e. The summed E-state index contributed by atoms with van der Waals surface area (Å²) in [5.74, 6) is 0.422. The minimum Gasteiger partial charge on any atom is -0.496 e. The zero-order valence-corrected chi connectivity index (χ0v) is 21.3. The highest BCUT2D eigenvalue weighted by atomic mass is 16.5. The molecule has 2 aliphatic heterocycles. The van der Waals surface area contributed by atoms with Crippen LogP contribution in [0.5, 0.6) is 28.7 Å². The molecule has 3 heterocycles. The first-order valence-corrected chi connectivity index (χ1v) is 12.2. The second-order valence-electron chi connectivity index (χ2n) is 9.11. The van der Waals surface area contributed by atoms with Crippen molar-refractivity contribution in [2.24, 2.45) is 0 Å². The number of fused-ring (bicyclic) bond motifs is 4. The Hall–Kier alpha value is -5.05. The summed E-state index contributed by atoms with van der Waals surface area (Å²) >= 11 is 0. The molecule has 0 aliphatic carbocycles. The van der Waals surface area contributed by atoms with Gasteiger partial charge in [-0.1, -0.05) is 18.2 Å². The molecule has 0 radical (unpaired) electrons. The standard InChI is InChI=1S/C30H23NO8/c1-35-22-14-24(37-3)23(36-2)11-16(22)12-25-28(33)17-8-9-21-27(29(17)39-25)18(13-26(32)38-21)19-10-15-6-4-5-7-20(15)31-30(19)34/h4-12,14,18H,13H2,1-3H3,(H,31,34)/b25-12-/t18-/m0/s1. The van der Waals surface area contributed by atoms with Gasteiger partial charge >= 0.3 is 5.97 Å². The van der Waals surface area contributed by atoms with Crippen molar-refractivity contribution in [3.05, 3.63) is 93.0 Å². The predicted octanol–water partition coefficient (Wildman–Crippen LogP) is 4.61. The van der Waals surface area contributed by atoms with Gasteiger partial charge in [0.1, 0.15) is 17.2 Å². The molecule has 0 spiro atoms. The SMILES string of the molecule is COc1cc(OC)c(OC)cc1/C=C1\Oc2c(ccc3c2[C@H](c2cc4ccccc4[nH]c2=O)CC(=O)O3)C1=O. The summed E-state index contributed by atoms with van der Waals surface area (Å²) in [6.07, 6.45) is 1.48. The third-order valence-corrected chi connectivity index (χ3v) is 6.96. The number of para-hydroxylation sites is 1. The molecule has 1 N–H and O–H groups in total. The van der Waals surface area contributed by atoms with E-state index in [-0.39, 0.29) is 35.0 Å². The molecule has 0 bridgehead atoms. The Labute approximate surface area is 222 Å². The van der Waals surface area contributed by atoms with Gasteiger partial charge in [0.05, 0.1) is 33.3 Å². The van der Waals surface area contributed by atoms with Crippen LogP contribution in [0.15, 0.2) is 65.2 Å². The monoisotopic (exact) mass is 525 g/mol. The average molecular weight is 526 g/mol. The maximum Gasteiger partial charge on any atom is 0.312 e. The van der Waals surface area contributed by atoms with Crippen molar-refractivity contribution >= 4 is 28.7 Å². The van der Waals surface area contributed by atoms with E-state index in [4.69, 9.17) is 23.7 Å². The maximum atomic E-state index is 13.4. The Morgan fingerprint density at radius 1 is 0.872 bits per heavy atom. The van der Waals surface area contributed by atoms with Crippen molar-refractivity contribution in [3.8, 4) is 28.7 Å². The molecule has 4 aromatic rings. The minimum atomic E-state index is -0.674. The number of allylic oxidation sites excluding steroid dienone is 1. The number of benzene rings is 3. The number of pyridine rings is 1. The van der Waals surface area contributed by atoms with E-state index in [1.165, 1.54) is 21.3 Å². The van der Waals surface area contributed by atoms with Crippen molar-refractivity contribution < 1.29 is 33.3 Å². The van der Waals surface area contributed by atoms with Gasteiger partial charge in [-0.15, -0.1) is 0 Å². The molecule has 1 atom stereocenters. The topological polar surface area (TPSA) is 113 Å². The van der Waals surface area contributed by atoms with Crippen LogP contribution in [0.2, 0.25) is 0 Å². The molecular formula is C30H23NO8. The molecule has 1 aromatic heterocycles. The highest BCUT2D eigenvalue weighted by Gasteiger charge is 2.39. The number of aromatic amines is 1. The number of hydrogen-bond donors (Lipinski definition) is 1. The highest BCUT2D eigenvalue weighted by Crippen LogP contribution is 2.49. The Morgan fingerprint density at radius 3 is 2.38 bits per heavy atom. The molecule has 3 aromatic carbocycles. The molecule has 2 aliphatic rings. The lowest BCUT2D eigenvalue weighted by Gasteiger charge is -2.26. The lowest BCUT2D eigenvalue weighted by Crippen LogP contribution is -2.26. The summed E-state index contributed by atoms with van der Waals surface area (Å²) in [5.41, 5.74) is 2.06. The van der Waals surface area contributed by atoms with Crippen molar-refractivity contribution in [1.29, 1.82) is 0 Å². The molecule has 0 saturated heterocycles. The molecule has 0 fully saturated rings. The van der Waals surface area contributed by atoms with E-state index in [9.17, 15) is 14.4 Å². The minimum absolute atomic E-state index is 0.0481. The fraction of sp³-hybridized carbons (Fsp3) is 0.167. The molecule has 39 heavy (non-hydrogen) atoms. The van der Waals surface area contributed by atoms with Gasteiger partial charge in [0.25, 0.3) is 5.56 Å². The first-order chi connectivity index (χ1) is 18.9. The third kappa shape index (κ3) is 3.99. The number of esters is 1. The summed E-state index contributed by atoms with van der Waals surface area (Å²) < 4.78 is 27.9. The Kier molecular flexibility index (Phi) is 5.83. The zero-order chi connectivity index (χ0) is 27.3. The molecule has 0 saturated carbocycles. The summed E-state index contributed by atoms with van der Waals surface area (Å²) in [6, 6.07) is 15.6. The van der Waals surface area contributed by atoms with Gasteiger partial charge in [-0.3, -0.25) is 14.4 Å². The van der Waals surface area contributed by atoms with Crippen LogP contribution in [0, 0.1) is 0 Å². The lowest BCUT2D eigenvalue weighted by atomic mass is 9.85. The molecule has 9 heteroatoms. The summed E-state index contributed by atoms with van der Waals surface area (Å²) in [5, 5.41) is 0.818. The van der Waals surface area contributed by atoms with Crippen molar-refractivity contribution in [2.75, 3.05) is 21.3 Å². The Bertz CT molecular complexity index is 1770. The van der Waals surface area contributed by atoms with Crippen LogP contribution in [-0.4, -0.2) is 38.1 Å². The molecule has 196 valence electrons. The van der Waals surface area contributed by atoms with E-state index in [2.05, 4.69) is 4.98 Å². The number of ether oxygens (including phenoxy) is 5. The van der Waals surface area contributed by atoms with Crippen LogP contribution in [0.25, 0.3) is 17.0 Å². The second kappa shape index (κ2) is 9.36. The van der Waals surface area contributed by atoms with Crippen LogP contribution in [0.4, 0.5) is 0 Å². The predicted molar refractivity (Wildman–Crippen MR) is 142 cm³/mol. The van der Waals surface area contributed by atoms with Crippen LogP contribution in [-0.2, 0) is 4.79 Å². The Morgan fingerprint density at radius 2 is 1.62 bits per heavy atom. The number of rotatable bonds is 5. The third-order valence-electron chi connectivity index (χ3n) is 6.96. The maximum absolute atomic E-state index is 13.4. The van der Waals surface area contributed by atoms with Gasteiger partial charge < -0.3 is 28.7 Å². The van der Waals surface area contributed by atoms with Crippen molar-refractivity contribution in [3.63, 3.8) is 0 Å². The van der Waals surface area contributed by atoms with E-state index in [0.29, 0.717) is 45.0 Å². The summed E-state index contributed by atoms with van der Waals surface area (Å²) in [7, 11) is 4.53. The second-order valence-corrected chi connectivity index (χ2v) is 9.11. The van der Waals surface area contributed by atoms with Gasteiger partial charge in [-0.05, 0) is 41.8 Å². The Balaban J connectivity index is 1.48. The van der Waals surface area contributed by atoms with Crippen molar-refractivity contribution in [1.82, 2.24) is 4.98 Å². The fourth-order valence-corrected chi connectivity index (χ4v) is 5.10. The van der Waals surface area contributed by atoms with Gasteiger partial charge in [-0.25, -0.2) is 0 Å². The molecule has 0 amide bonds. The van der Waals surface area contributed by atoms with Gasteiger partial charge in [-0.2, -0.15) is 0 Å². The zero-order valence-electron chi connectivity index (χ0n) is 21.3. The summed E-state index contributed by atoms with van der Waals surface area (Å²) in [6.45, 7) is 0. The van der Waals surface area contributed by atoms with Crippen LogP contribution >= 0.6 is 0 Å².